The highest BCUT2D eigenvalue weighted by Crippen LogP contribution is 2.29. The molecule has 2 aliphatic rings. The average molecular weight is 374 g/mol. The molecule has 0 amide bonds. The maximum atomic E-state index is 13.0. The van der Waals surface area contributed by atoms with Gasteiger partial charge in [0.05, 0.1) is 30.3 Å². The van der Waals surface area contributed by atoms with Crippen LogP contribution in [0.1, 0.15) is 22.4 Å². The summed E-state index contributed by atoms with van der Waals surface area (Å²) in [4.78, 5) is 11.4. The highest BCUT2D eigenvalue weighted by atomic mass is 32.2. The third kappa shape index (κ3) is 3.08. The summed E-state index contributed by atoms with van der Waals surface area (Å²) in [6, 6.07) is 5.26. The molecule has 0 aliphatic carbocycles. The van der Waals surface area contributed by atoms with Crippen molar-refractivity contribution < 1.29 is 13.2 Å². The van der Waals surface area contributed by atoms with Crippen LogP contribution in [0.2, 0.25) is 0 Å². The highest BCUT2D eigenvalue weighted by molar-refractivity contribution is 7.89. The molecule has 7 nitrogen and oxygen atoms in total. The molecule has 2 aliphatic heterocycles. The molecule has 138 valence electrons. The third-order valence-electron chi connectivity index (χ3n) is 5.02. The van der Waals surface area contributed by atoms with Crippen LogP contribution in [0.5, 0.6) is 0 Å². The first kappa shape index (κ1) is 17.4. The molecular weight excluding hydrogens is 352 g/mol. The molecule has 2 aromatic rings. The Morgan fingerprint density at radius 3 is 2.58 bits per heavy atom. The van der Waals surface area contributed by atoms with Crippen LogP contribution in [0.3, 0.4) is 0 Å². The summed E-state index contributed by atoms with van der Waals surface area (Å²) in [5.41, 5.74) is 3.70. The molecule has 0 bridgehead atoms. The first-order valence-electron chi connectivity index (χ1n) is 8.70. The average Bonchev–Trinajstić information content (AvgIpc) is 3.09. The smallest absolute Gasteiger partial charge is 0.243 e. The van der Waals surface area contributed by atoms with Crippen LogP contribution in [0.15, 0.2) is 29.3 Å². The summed E-state index contributed by atoms with van der Waals surface area (Å²) >= 11 is 0. The van der Waals surface area contributed by atoms with E-state index in [0.29, 0.717) is 30.6 Å². The second-order valence-electron chi connectivity index (χ2n) is 6.76. The molecule has 3 heterocycles. The Balaban J connectivity index is 1.58. The fourth-order valence-electron chi connectivity index (χ4n) is 3.22. The molecule has 0 N–H and O–H groups in total. The Kier molecular flexibility index (Phi) is 4.42. The number of benzene rings is 1. The lowest BCUT2D eigenvalue weighted by Crippen LogP contribution is -2.37. The number of aryl methyl sites for hydroxylation is 2. The summed E-state index contributed by atoms with van der Waals surface area (Å²) in [5.74, 6) is 0.650. The second kappa shape index (κ2) is 6.61. The number of rotatable bonds is 3. The van der Waals surface area contributed by atoms with Crippen LogP contribution in [-0.4, -0.2) is 49.0 Å². The van der Waals surface area contributed by atoms with E-state index in [1.807, 2.05) is 19.9 Å². The Labute approximate surface area is 153 Å². The van der Waals surface area contributed by atoms with E-state index in [4.69, 9.17) is 4.74 Å². The van der Waals surface area contributed by atoms with E-state index in [1.54, 1.807) is 18.3 Å². The number of fused-ring (bicyclic) bond motifs is 1. The quantitative estimate of drug-likeness (QED) is 0.813. The Morgan fingerprint density at radius 2 is 1.85 bits per heavy atom. The zero-order chi connectivity index (χ0) is 18.3. The van der Waals surface area contributed by atoms with Crippen LogP contribution < -0.4 is 4.90 Å². The topological polar surface area (TPSA) is 75.6 Å². The molecular formula is C18H22N4O3S. The van der Waals surface area contributed by atoms with Crippen molar-refractivity contribution in [3.63, 3.8) is 0 Å². The number of aromatic nitrogens is 2. The van der Waals surface area contributed by atoms with E-state index in [1.165, 1.54) is 4.31 Å². The van der Waals surface area contributed by atoms with Crippen molar-refractivity contribution in [1.29, 1.82) is 0 Å². The molecule has 0 saturated carbocycles. The summed E-state index contributed by atoms with van der Waals surface area (Å²) in [5, 5.41) is 0. The largest absolute Gasteiger partial charge is 0.378 e. The highest BCUT2D eigenvalue weighted by Gasteiger charge is 2.32. The molecule has 1 saturated heterocycles. The van der Waals surface area contributed by atoms with Crippen molar-refractivity contribution in [2.75, 3.05) is 31.2 Å². The van der Waals surface area contributed by atoms with E-state index in [9.17, 15) is 8.42 Å². The van der Waals surface area contributed by atoms with Gasteiger partial charge in [-0.2, -0.15) is 4.31 Å². The van der Waals surface area contributed by atoms with E-state index >= 15 is 0 Å². The maximum absolute atomic E-state index is 13.0. The third-order valence-corrected chi connectivity index (χ3v) is 6.81. The zero-order valence-corrected chi connectivity index (χ0v) is 15.8. The fraction of sp³-hybridized carbons (Fsp3) is 0.444. The Hall–Kier alpha value is -2.03. The van der Waals surface area contributed by atoms with Gasteiger partial charge in [0.2, 0.25) is 16.0 Å². The van der Waals surface area contributed by atoms with Gasteiger partial charge in [-0.15, -0.1) is 0 Å². The summed E-state index contributed by atoms with van der Waals surface area (Å²) in [7, 11) is -3.55. The molecule has 0 unspecified atom stereocenters. The number of anilines is 1. The number of nitrogens with zero attached hydrogens (tertiary/aromatic N) is 4. The molecule has 0 radical (unpaired) electrons. The molecule has 1 aromatic carbocycles. The van der Waals surface area contributed by atoms with Gasteiger partial charge in [0, 0.05) is 31.4 Å². The number of morpholine rings is 1. The van der Waals surface area contributed by atoms with Crippen molar-refractivity contribution >= 4 is 16.0 Å². The lowest BCUT2D eigenvalue weighted by Gasteiger charge is -2.26. The van der Waals surface area contributed by atoms with Gasteiger partial charge in [0.15, 0.2) is 0 Å². The van der Waals surface area contributed by atoms with E-state index in [-0.39, 0.29) is 6.54 Å². The summed E-state index contributed by atoms with van der Waals surface area (Å²) in [6.45, 7) is 7.32. The zero-order valence-electron chi connectivity index (χ0n) is 15.0. The first-order valence-corrected chi connectivity index (χ1v) is 10.1. The van der Waals surface area contributed by atoms with Gasteiger partial charge in [-0.25, -0.2) is 18.4 Å². The van der Waals surface area contributed by atoms with Gasteiger partial charge >= 0.3 is 0 Å². The van der Waals surface area contributed by atoms with Gasteiger partial charge in [-0.3, -0.25) is 0 Å². The summed E-state index contributed by atoms with van der Waals surface area (Å²) in [6.07, 6.45) is 1.75. The van der Waals surface area contributed by atoms with E-state index in [2.05, 4.69) is 14.9 Å². The van der Waals surface area contributed by atoms with Crippen LogP contribution in [0.4, 0.5) is 5.95 Å². The standard InChI is InChI=1S/C18H22N4O3S/c1-13-3-4-16(9-14(13)2)26(23,24)22-11-15-10-19-18(20-17(15)12-22)21-5-7-25-8-6-21/h3-4,9-10H,5-8,11-12H2,1-2H3. The Bertz CT molecular complexity index is 939. The lowest BCUT2D eigenvalue weighted by atomic mass is 10.1. The molecule has 4 rings (SSSR count). The number of hydrogen-bond acceptors (Lipinski definition) is 6. The minimum atomic E-state index is -3.55. The van der Waals surface area contributed by atoms with Crippen molar-refractivity contribution in [3.05, 3.63) is 46.8 Å². The number of hydrogen-bond donors (Lipinski definition) is 0. The normalized spacial score (nSPS) is 18.2. The minimum absolute atomic E-state index is 0.282. The number of sulfonamides is 1. The predicted octanol–water partition coefficient (Wildman–Crippen LogP) is 1.63. The van der Waals surface area contributed by atoms with Gasteiger partial charge < -0.3 is 9.64 Å². The molecule has 1 aromatic heterocycles. The maximum Gasteiger partial charge on any atom is 0.243 e. The van der Waals surface area contributed by atoms with Crippen molar-refractivity contribution in [3.8, 4) is 0 Å². The molecule has 1 fully saturated rings. The molecule has 26 heavy (non-hydrogen) atoms. The fourth-order valence-corrected chi connectivity index (χ4v) is 4.69. The van der Waals surface area contributed by atoms with E-state index < -0.39 is 10.0 Å². The van der Waals surface area contributed by atoms with Crippen LogP contribution in [0.25, 0.3) is 0 Å². The van der Waals surface area contributed by atoms with Crippen LogP contribution in [-0.2, 0) is 27.8 Å². The van der Waals surface area contributed by atoms with Gasteiger partial charge in [-0.05, 0) is 37.1 Å². The molecule has 0 atom stereocenters. The second-order valence-corrected chi connectivity index (χ2v) is 8.70. The minimum Gasteiger partial charge on any atom is -0.378 e. The van der Waals surface area contributed by atoms with Crippen molar-refractivity contribution in [1.82, 2.24) is 14.3 Å². The van der Waals surface area contributed by atoms with Crippen LogP contribution in [0, 0.1) is 13.8 Å². The lowest BCUT2D eigenvalue weighted by molar-refractivity contribution is 0.122. The van der Waals surface area contributed by atoms with E-state index in [0.717, 1.165) is 35.5 Å². The predicted molar refractivity (Wildman–Crippen MR) is 97.4 cm³/mol. The summed E-state index contributed by atoms with van der Waals surface area (Å²) < 4.78 is 32.8. The SMILES string of the molecule is Cc1ccc(S(=O)(=O)N2Cc3cnc(N4CCOCC4)nc3C2)cc1C. The van der Waals surface area contributed by atoms with Gasteiger partial charge in [-0.1, -0.05) is 6.07 Å². The van der Waals surface area contributed by atoms with Crippen molar-refractivity contribution in [2.24, 2.45) is 0 Å². The van der Waals surface area contributed by atoms with Crippen molar-refractivity contribution in [2.45, 2.75) is 31.8 Å². The first-order chi connectivity index (χ1) is 12.4. The van der Waals surface area contributed by atoms with Crippen LogP contribution >= 0.6 is 0 Å². The van der Waals surface area contributed by atoms with Gasteiger partial charge in [0.25, 0.3) is 0 Å². The number of ether oxygens (including phenoxy) is 1. The molecule has 0 spiro atoms. The van der Waals surface area contributed by atoms with Gasteiger partial charge in [0.1, 0.15) is 0 Å². The Morgan fingerprint density at radius 1 is 1.08 bits per heavy atom. The monoisotopic (exact) mass is 374 g/mol. The molecule has 8 heteroatoms.